The van der Waals surface area contributed by atoms with E-state index in [1.165, 1.54) is 0 Å². The summed E-state index contributed by atoms with van der Waals surface area (Å²) < 4.78 is 10.6. The number of nitrogens with two attached hydrogens (primary N) is 1. The molecule has 0 amide bonds. The highest BCUT2D eigenvalue weighted by molar-refractivity contribution is 7.09. The summed E-state index contributed by atoms with van der Waals surface area (Å²) in [7, 11) is 3.27. The first-order valence-corrected chi connectivity index (χ1v) is 7.53. The zero-order chi connectivity index (χ0) is 14.4. The fraction of sp³-hybridized carbons (Fsp3) is 0.400. The summed E-state index contributed by atoms with van der Waals surface area (Å²) in [4.78, 5) is 4.66. The van der Waals surface area contributed by atoms with Crippen LogP contribution in [0.15, 0.2) is 23.6 Å². The van der Waals surface area contributed by atoms with E-state index in [1.54, 1.807) is 25.6 Å². The second kappa shape index (κ2) is 7.26. The van der Waals surface area contributed by atoms with E-state index in [2.05, 4.69) is 10.4 Å². The molecule has 0 radical (unpaired) electrons. The minimum Gasteiger partial charge on any atom is -0.493 e. The SMILES string of the molecule is COc1ccc(-c2csc(CCCCN)n2)cc1OC. The average molecular weight is 292 g/mol. The second-order valence-electron chi connectivity index (χ2n) is 4.44. The third-order valence-corrected chi connectivity index (χ3v) is 3.98. The highest BCUT2D eigenvalue weighted by Crippen LogP contribution is 2.32. The highest BCUT2D eigenvalue weighted by Gasteiger charge is 2.09. The number of unbranched alkanes of at least 4 members (excludes halogenated alkanes) is 1. The molecule has 0 saturated carbocycles. The average Bonchev–Trinajstić information content (AvgIpc) is 2.95. The second-order valence-corrected chi connectivity index (χ2v) is 5.38. The molecule has 0 spiro atoms. The topological polar surface area (TPSA) is 57.4 Å². The Labute approximate surface area is 123 Å². The lowest BCUT2D eigenvalue weighted by atomic mass is 10.1. The van der Waals surface area contributed by atoms with Gasteiger partial charge in [0, 0.05) is 10.9 Å². The van der Waals surface area contributed by atoms with Crippen LogP contribution in [0, 0.1) is 0 Å². The van der Waals surface area contributed by atoms with E-state index >= 15 is 0 Å². The monoisotopic (exact) mass is 292 g/mol. The van der Waals surface area contributed by atoms with Gasteiger partial charge in [-0.1, -0.05) is 0 Å². The Hall–Kier alpha value is -1.59. The molecule has 0 unspecified atom stereocenters. The maximum absolute atomic E-state index is 5.51. The van der Waals surface area contributed by atoms with Crippen LogP contribution in [0.25, 0.3) is 11.3 Å². The van der Waals surface area contributed by atoms with Crippen LogP contribution in [0.1, 0.15) is 17.8 Å². The summed E-state index contributed by atoms with van der Waals surface area (Å²) >= 11 is 1.69. The van der Waals surface area contributed by atoms with Gasteiger partial charge in [-0.25, -0.2) is 4.98 Å². The Morgan fingerprint density at radius 3 is 2.65 bits per heavy atom. The largest absolute Gasteiger partial charge is 0.493 e. The summed E-state index contributed by atoms with van der Waals surface area (Å²) in [6.45, 7) is 0.744. The molecule has 0 aliphatic carbocycles. The van der Waals surface area contributed by atoms with Crippen LogP contribution in [-0.4, -0.2) is 25.7 Å². The molecule has 1 aromatic heterocycles. The third kappa shape index (κ3) is 3.49. The predicted octanol–water partition coefficient (Wildman–Crippen LogP) is 3.11. The number of nitrogens with zero attached hydrogens (tertiary/aromatic N) is 1. The smallest absolute Gasteiger partial charge is 0.161 e. The van der Waals surface area contributed by atoms with Gasteiger partial charge < -0.3 is 15.2 Å². The van der Waals surface area contributed by atoms with Gasteiger partial charge in [0.05, 0.1) is 24.9 Å². The summed E-state index contributed by atoms with van der Waals surface area (Å²) in [6.07, 6.45) is 3.13. The van der Waals surface area contributed by atoms with Crippen molar-refractivity contribution < 1.29 is 9.47 Å². The Bertz CT molecular complexity index is 555. The summed E-state index contributed by atoms with van der Waals surface area (Å²) in [5, 5.41) is 3.24. The molecular formula is C15H20N2O2S. The standard InChI is InChI=1S/C15H20N2O2S/c1-18-13-7-6-11(9-14(13)19-2)12-10-20-15(17-12)5-3-4-8-16/h6-7,9-10H,3-5,8,16H2,1-2H3. The van der Waals surface area contributed by atoms with Crippen molar-refractivity contribution in [2.24, 2.45) is 5.73 Å². The van der Waals surface area contributed by atoms with Crippen molar-refractivity contribution in [3.8, 4) is 22.8 Å². The molecule has 2 N–H and O–H groups in total. The molecule has 20 heavy (non-hydrogen) atoms. The van der Waals surface area contributed by atoms with Gasteiger partial charge in [-0.05, 0) is 44.0 Å². The van der Waals surface area contributed by atoms with E-state index in [9.17, 15) is 0 Å². The quantitative estimate of drug-likeness (QED) is 0.797. The lowest BCUT2D eigenvalue weighted by Gasteiger charge is -2.08. The lowest BCUT2D eigenvalue weighted by Crippen LogP contribution is -1.98. The number of hydrogen-bond donors (Lipinski definition) is 1. The number of rotatable bonds is 7. The van der Waals surface area contributed by atoms with Crippen molar-refractivity contribution in [2.75, 3.05) is 20.8 Å². The van der Waals surface area contributed by atoms with E-state index in [0.717, 1.165) is 53.6 Å². The number of hydrogen-bond acceptors (Lipinski definition) is 5. The minimum atomic E-state index is 0.725. The zero-order valence-electron chi connectivity index (χ0n) is 11.9. The summed E-state index contributed by atoms with van der Waals surface area (Å²) in [5.41, 5.74) is 7.54. The lowest BCUT2D eigenvalue weighted by molar-refractivity contribution is 0.355. The first-order chi connectivity index (χ1) is 9.78. The van der Waals surface area contributed by atoms with Crippen molar-refractivity contribution in [3.05, 3.63) is 28.6 Å². The van der Waals surface area contributed by atoms with E-state index < -0.39 is 0 Å². The van der Waals surface area contributed by atoms with E-state index in [1.807, 2.05) is 18.2 Å². The van der Waals surface area contributed by atoms with Gasteiger partial charge in [-0.3, -0.25) is 0 Å². The Morgan fingerprint density at radius 1 is 1.15 bits per heavy atom. The molecule has 2 rings (SSSR count). The fourth-order valence-electron chi connectivity index (χ4n) is 1.97. The van der Waals surface area contributed by atoms with Crippen LogP contribution in [-0.2, 0) is 6.42 Å². The molecule has 0 aliphatic heterocycles. The summed E-state index contributed by atoms with van der Waals surface area (Å²) in [6, 6.07) is 5.86. The maximum Gasteiger partial charge on any atom is 0.161 e. The zero-order valence-corrected chi connectivity index (χ0v) is 12.7. The van der Waals surface area contributed by atoms with Crippen molar-refractivity contribution in [3.63, 3.8) is 0 Å². The molecule has 1 aromatic carbocycles. The molecule has 108 valence electrons. The van der Waals surface area contributed by atoms with Gasteiger partial charge in [-0.2, -0.15) is 0 Å². The molecule has 0 bridgehead atoms. The van der Waals surface area contributed by atoms with Gasteiger partial charge in [0.15, 0.2) is 11.5 Å². The minimum absolute atomic E-state index is 0.725. The molecule has 0 aliphatic rings. The van der Waals surface area contributed by atoms with Gasteiger partial charge in [0.25, 0.3) is 0 Å². The molecule has 0 saturated heterocycles. The van der Waals surface area contributed by atoms with Crippen molar-refractivity contribution in [1.82, 2.24) is 4.98 Å². The summed E-state index contributed by atoms with van der Waals surface area (Å²) in [5.74, 6) is 1.46. The Kier molecular flexibility index (Phi) is 5.38. The molecule has 0 atom stereocenters. The Balaban J connectivity index is 2.15. The first-order valence-electron chi connectivity index (χ1n) is 6.65. The normalized spacial score (nSPS) is 10.6. The number of ether oxygens (including phenoxy) is 2. The number of methoxy groups -OCH3 is 2. The number of aryl methyl sites for hydroxylation is 1. The van der Waals surface area contributed by atoms with Crippen LogP contribution >= 0.6 is 11.3 Å². The van der Waals surface area contributed by atoms with Crippen LogP contribution in [0.2, 0.25) is 0 Å². The first kappa shape index (κ1) is 14.8. The van der Waals surface area contributed by atoms with E-state index in [-0.39, 0.29) is 0 Å². The number of benzene rings is 1. The van der Waals surface area contributed by atoms with Crippen LogP contribution in [0.5, 0.6) is 11.5 Å². The van der Waals surface area contributed by atoms with Crippen LogP contribution in [0.4, 0.5) is 0 Å². The van der Waals surface area contributed by atoms with Crippen LogP contribution in [0.3, 0.4) is 0 Å². The van der Waals surface area contributed by atoms with E-state index in [4.69, 9.17) is 15.2 Å². The third-order valence-electron chi connectivity index (χ3n) is 3.08. The Morgan fingerprint density at radius 2 is 1.95 bits per heavy atom. The van der Waals surface area contributed by atoms with Gasteiger partial charge >= 0.3 is 0 Å². The van der Waals surface area contributed by atoms with Crippen molar-refractivity contribution >= 4 is 11.3 Å². The van der Waals surface area contributed by atoms with Crippen molar-refractivity contribution in [1.29, 1.82) is 0 Å². The molecule has 5 heteroatoms. The maximum atomic E-state index is 5.51. The van der Waals surface area contributed by atoms with Gasteiger partial charge in [0.1, 0.15) is 0 Å². The molecule has 2 aromatic rings. The van der Waals surface area contributed by atoms with Gasteiger partial charge in [-0.15, -0.1) is 11.3 Å². The number of aromatic nitrogens is 1. The van der Waals surface area contributed by atoms with Crippen molar-refractivity contribution in [2.45, 2.75) is 19.3 Å². The number of thiazole rings is 1. The van der Waals surface area contributed by atoms with Crippen LogP contribution < -0.4 is 15.2 Å². The molecule has 4 nitrogen and oxygen atoms in total. The molecule has 0 fully saturated rings. The highest BCUT2D eigenvalue weighted by atomic mass is 32.1. The molecular weight excluding hydrogens is 272 g/mol. The fourth-order valence-corrected chi connectivity index (χ4v) is 2.82. The van der Waals surface area contributed by atoms with Gasteiger partial charge in [0.2, 0.25) is 0 Å². The predicted molar refractivity (Wildman–Crippen MR) is 82.6 cm³/mol. The molecule has 1 heterocycles. The van der Waals surface area contributed by atoms with E-state index in [0.29, 0.717) is 0 Å².